The Labute approximate surface area is 132 Å². The second-order valence-electron chi connectivity index (χ2n) is 5.46. The molecule has 0 unspecified atom stereocenters. The van der Waals surface area contributed by atoms with E-state index in [1.165, 1.54) is 0 Å². The molecule has 21 heavy (non-hydrogen) atoms. The van der Waals surface area contributed by atoms with E-state index in [9.17, 15) is 8.42 Å². The maximum absolute atomic E-state index is 11.7. The molecule has 118 valence electrons. The molecule has 0 N–H and O–H groups in total. The summed E-state index contributed by atoms with van der Waals surface area (Å²) in [6, 6.07) is 7.87. The molecule has 0 radical (unpaired) electrons. The molecule has 0 aliphatic carbocycles. The topological polar surface area (TPSA) is 46.6 Å². The molecule has 1 saturated heterocycles. The lowest BCUT2D eigenvalue weighted by atomic mass is 10.1. The zero-order valence-corrected chi connectivity index (χ0v) is 14.0. The SMILES string of the molecule is CCS(=O)(=O)CCN1C[C@H](c2cccc(Cl)c2)OC[C@@H]1C. The van der Waals surface area contributed by atoms with Gasteiger partial charge >= 0.3 is 0 Å². The third kappa shape index (κ3) is 4.68. The Morgan fingerprint density at radius 1 is 1.43 bits per heavy atom. The van der Waals surface area contributed by atoms with Crippen LogP contribution in [0.1, 0.15) is 25.5 Å². The van der Waals surface area contributed by atoms with E-state index in [2.05, 4.69) is 11.8 Å². The quantitative estimate of drug-likeness (QED) is 0.832. The van der Waals surface area contributed by atoms with E-state index < -0.39 is 9.84 Å². The first-order valence-electron chi connectivity index (χ1n) is 7.23. The second kappa shape index (κ2) is 7.09. The number of rotatable bonds is 5. The summed E-state index contributed by atoms with van der Waals surface area (Å²) in [5.41, 5.74) is 1.04. The molecule has 0 aromatic heterocycles. The van der Waals surface area contributed by atoms with Crippen molar-refractivity contribution in [2.24, 2.45) is 0 Å². The lowest BCUT2D eigenvalue weighted by Gasteiger charge is -2.38. The molecule has 1 heterocycles. The van der Waals surface area contributed by atoms with Crippen LogP contribution in [0.5, 0.6) is 0 Å². The van der Waals surface area contributed by atoms with Crippen LogP contribution in [0.3, 0.4) is 0 Å². The minimum atomic E-state index is -2.93. The van der Waals surface area contributed by atoms with Gasteiger partial charge in [0.15, 0.2) is 9.84 Å². The third-order valence-electron chi connectivity index (χ3n) is 3.91. The average molecular weight is 332 g/mol. The van der Waals surface area contributed by atoms with Crippen LogP contribution in [0.15, 0.2) is 24.3 Å². The normalized spacial score (nSPS) is 24.1. The van der Waals surface area contributed by atoms with Gasteiger partial charge in [-0.3, -0.25) is 4.90 Å². The van der Waals surface area contributed by atoms with Gasteiger partial charge in [-0.2, -0.15) is 0 Å². The zero-order chi connectivity index (χ0) is 15.5. The number of sulfone groups is 1. The van der Waals surface area contributed by atoms with E-state index in [1.807, 2.05) is 24.3 Å². The van der Waals surface area contributed by atoms with Gasteiger partial charge in [0.05, 0.1) is 18.5 Å². The van der Waals surface area contributed by atoms with E-state index in [4.69, 9.17) is 16.3 Å². The fraction of sp³-hybridized carbons (Fsp3) is 0.600. The van der Waals surface area contributed by atoms with Crippen molar-refractivity contribution in [2.75, 3.05) is 31.2 Å². The fourth-order valence-electron chi connectivity index (χ4n) is 2.43. The highest BCUT2D eigenvalue weighted by molar-refractivity contribution is 7.91. The van der Waals surface area contributed by atoms with Crippen molar-refractivity contribution >= 4 is 21.4 Å². The van der Waals surface area contributed by atoms with Crippen molar-refractivity contribution in [3.8, 4) is 0 Å². The van der Waals surface area contributed by atoms with Crippen molar-refractivity contribution in [3.05, 3.63) is 34.9 Å². The van der Waals surface area contributed by atoms with Crippen molar-refractivity contribution in [1.29, 1.82) is 0 Å². The Balaban J connectivity index is 2.02. The smallest absolute Gasteiger partial charge is 0.151 e. The van der Waals surface area contributed by atoms with Crippen LogP contribution in [0.25, 0.3) is 0 Å². The van der Waals surface area contributed by atoms with E-state index in [0.29, 0.717) is 24.7 Å². The molecule has 0 bridgehead atoms. The molecule has 1 fully saturated rings. The molecular weight excluding hydrogens is 310 g/mol. The van der Waals surface area contributed by atoms with Crippen molar-refractivity contribution in [1.82, 2.24) is 4.90 Å². The van der Waals surface area contributed by atoms with E-state index in [0.717, 1.165) is 5.56 Å². The van der Waals surface area contributed by atoms with E-state index in [-0.39, 0.29) is 23.7 Å². The number of ether oxygens (including phenoxy) is 1. The van der Waals surface area contributed by atoms with Crippen LogP contribution < -0.4 is 0 Å². The number of halogens is 1. The molecule has 1 aliphatic heterocycles. The van der Waals surface area contributed by atoms with E-state index in [1.54, 1.807) is 6.92 Å². The van der Waals surface area contributed by atoms with E-state index >= 15 is 0 Å². The summed E-state index contributed by atoms with van der Waals surface area (Å²) < 4.78 is 29.2. The summed E-state index contributed by atoms with van der Waals surface area (Å²) in [4.78, 5) is 2.18. The lowest BCUT2D eigenvalue weighted by Crippen LogP contribution is -2.46. The molecular formula is C15H22ClNO3S. The Morgan fingerprint density at radius 2 is 2.19 bits per heavy atom. The van der Waals surface area contributed by atoms with Crippen molar-refractivity contribution in [3.63, 3.8) is 0 Å². The minimum absolute atomic E-state index is 0.0516. The summed E-state index contributed by atoms with van der Waals surface area (Å²) in [6.45, 7) is 5.60. The second-order valence-corrected chi connectivity index (χ2v) is 8.37. The van der Waals surface area contributed by atoms with Crippen LogP contribution in [-0.2, 0) is 14.6 Å². The van der Waals surface area contributed by atoms with Crippen LogP contribution >= 0.6 is 11.6 Å². The van der Waals surface area contributed by atoms with Crippen LogP contribution in [0.2, 0.25) is 5.02 Å². The maximum Gasteiger partial charge on any atom is 0.151 e. The van der Waals surface area contributed by atoms with Crippen molar-refractivity contribution < 1.29 is 13.2 Å². The Kier molecular flexibility index (Phi) is 5.66. The summed E-state index contributed by atoms with van der Waals surface area (Å²) >= 11 is 6.02. The number of nitrogens with zero attached hydrogens (tertiary/aromatic N) is 1. The van der Waals surface area contributed by atoms with Crippen LogP contribution in [0.4, 0.5) is 0 Å². The molecule has 0 saturated carbocycles. The van der Waals surface area contributed by atoms with Gasteiger partial charge in [-0.15, -0.1) is 0 Å². The Morgan fingerprint density at radius 3 is 2.86 bits per heavy atom. The monoisotopic (exact) mass is 331 g/mol. The molecule has 4 nitrogen and oxygen atoms in total. The zero-order valence-electron chi connectivity index (χ0n) is 12.5. The first kappa shape index (κ1) is 16.7. The predicted molar refractivity (Wildman–Crippen MR) is 85.5 cm³/mol. The standard InChI is InChI=1S/C15H22ClNO3S/c1-3-21(18,19)8-7-17-10-15(20-11-12(17)2)13-5-4-6-14(16)9-13/h4-6,9,12,15H,3,7-8,10-11H2,1-2H3/t12-,15+/m0/s1. The van der Waals surface area contributed by atoms with Gasteiger partial charge in [-0.25, -0.2) is 8.42 Å². The Hall–Kier alpha value is -0.620. The third-order valence-corrected chi connectivity index (χ3v) is 5.83. The molecule has 1 aromatic rings. The number of hydrogen-bond acceptors (Lipinski definition) is 4. The first-order chi connectivity index (χ1) is 9.91. The molecule has 1 aromatic carbocycles. The highest BCUT2D eigenvalue weighted by Gasteiger charge is 2.27. The highest BCUT2D eigenvalue weighted by atomic mass is 35.5. The molecule has 0 amide bonds. The van der Waals surface area contributed by atoms with Crippen LogP contribution in [0, 0.1) is 0 Å². The van der Waals surface area contributed by atoms with Gasteiger partial charge in [-0.05, 0) is 24.6 Å². The average Bonchev–Trinajstić information content (AvgIpc) is 2.46. The summed E-state index contributed by atoms with van der Waals surface area (Å²) in [5, 5.41) is 0.690. The summed E-state index contributed by atoms with van der Waals surface area (Å²) in [5.74, 6) is 0.402. The highest BCUT2D eigenvalue weighted by Crippen LogP contribution is 2.26. The number of hydrogen-bond donors (Lipinski definition) is 0. The van der Waals surface area contributed by atoms with Gasteiger partial charge < -0.3 is 4.74 Å². The lowest BCUT2D eigenvalue weighted by molar-refractivity contribution is -0.0577. The van der Waals surface area contributed by atoms with Crippen molar-refractivity contribution in [2.45, 2.75) is 26.0 Å². The number of morpholine rings is 1. The predicted octanol–water partition coefficient (Wildman–Crippen LogP) is 2.54. The number of benzene rings is 1. The first-order valence-corrected chi connectivity index (χ1v) is 9.43. The minimum Gasteiger partial charge on any atom is -0.371 e. The summed E-state index contributed by atoms with van der Waals surface area (Å²) in [6.07, 6.45) is -0.0516. The van der Waals surface area contributed by atoms with Gasteiger partial charge in [0.2, 0.25) is 0 Å². The molecule has 6 heteroatoms. The summed E-state index contributed by atoms with van der Waals surface area (Å²) in [7, 11) is -2.93. The largest absolute Gasteiger partial charge is 0.371 e. The van der Waals surface area contributed by atoms with Gasteiger partial charge in [-0.1, -0.05) is 30.7 Å². The molecule has 2 rings (SSSR count). The van der Waals surface area contributed by atoms with Gasteiger partial charge in [0, 0.05) is 29.9 Å². The van der Waals surface area contributed by atoms with Gasteiger partial charge in [0.25, 0.3) is 0 Å². The molecule has 2 atom stereocenters. The Bertz CT molecular complexity index is 576. The fourth-order valence-corrected chi connectivity index (χ4v) is 3.43. The van der Waals surface area contributed by atoms with Crippen LogP contribution in [-0.4, -0.2) is 50.6 Å². The molecule has 0 spiro atoms. The van der Waals surface area contributed by atoms with Gasteiger partial charge in [0.1, 0.15) is 0 Å². The maximum atomic E-state index is 11.7. The molecule has 1 aliphatic rings.